The standard InChI is InChI=1S/C14H31N3O/c1-12(2)14(18)17-11-10-15-8-6-5-7-9-16-13(3)4/h12-13,15-16H,5-11H2,1-4H3,(H,17,18). The molecule has 18 heavy (non-hydrogen) atoms. The fourth-order valence-electron chi connectivity index (χ4n) is 1.55. The van der Waals surface area contributed by atoms with E-state index in [4.69, 9.17) is 0 Å². The lowest BCUT2D eigenvalue weighted by Gasteiger charge is -2.09. The Kier molecular flexibility index (Phi) is 11.1. The van der Waals surface area contributed by atoms with Gasteiger partial charge in [-0.1, -0.05) is 34.1 Å². The highest BCUT2D eigenvalue weighted by Gasteiger charge is 2.04. The first-order chi connectivity index (χ1) is 8.54. The zero-order valence-corrected chi connectivity index (χ0v) is 12.5. The SMILES string of the molecule is CC(C)NCCCCCNCCNC(=O)C(C)C. The first-order valence-electron chi connectivity index (χ1n) is 7.26. The summed E-state index contributed by atoms with van der Waals surface area (Å²) >= 11 is 0. The average molecular weight is 257 g/mol. The molecule has 0 aromatic carbocycles. The molecule has 0 atom stereocenters. The lowest BCUT2D eigenvalue weighted by Crippen LogP contribution is -2.34. The third kappa shape index (κ3) is 11.9. The van der Waals surface area contributed by atoms with Gasteiger partial charge in [0, 0.05) is 25.0 Å². The Balaban J connectivity index is 3.10. The van der Waals surface area contributed by atoms with Crippen LogP contribution in [0.5, 0.6) is 0 Å². The molecule has 0 heterocycles. The largest absolute Gasteiger partial charge is 0.355 e. The quantitative estimate of drug-likeness (QED) is 0.492. The first-order valence-corrected chi connectivity index (χ1v) is 7.26. The van der Waals surface area contributed by atoms with Crippen molar-refractivity contribution in [1.82, 2.24) is 16.0 Å². The van der Waals surface area contributed by atoms with Crippen LogP contribution in [0.25, 0.3) is 0 Å². The topological polar surface area (TPSA) is 53.2 Å². The molecule has 0 bridgehead atoms. The molecule has 0 aliphatic carbocycles. The van der Waals surface area contributed by atoms with Crippen LogP contribution in [0.15, 0.2) is 0 Å². The Bertz CT molecular complexity index is 205. The predicted molar refractivity (Wildman–Crippen MR) is 77.7 cm³/mol. The Hall–Kier alpha value is -0.610. The van der Waals surface area contributed by atoms with Crippen molar-refractivity contribution >= 4 is 5.91 Å². The third-order valence-corrected chi connectivity index (χ3v) is 2.71. The van der Waals surface area contributed by atoms with Crippen LogP contribution in [0, 0.1) is 5.92 Å². The Morgan fingerprint density at radius 2 is 1.56 bits per heavy atom. The molecule has 4 heteroatoms. The van der Waals surface area contributed by atoms with Crippen molar-refractivity contribution in [3.63, 3.8) is 0 Å². The minimum atomic E-state index is 0.0819. The van der Waals surface area contributed by atoms with Crippen LogP contribution in [0.1, 0.15) is 47.0 Å². The van der Waals surface area contributed by atoms with E-state index in [9.17, 15) is 4.79 Å². The average Bonchev–Trinajstić information content (AvgIpc) is 2.30. The van der Waals surface area contributed by atoms with Crippen molar-refractivity contribution in [1.29, 1.82) is 0 Å². The van der Waals surface area contributed by atoms with Gasteiger partial charge in [0.2, 0.25) is 5.91 Å². The lowest BCUT2D eigenvalue weighted by molar-refractivity contribution is -0.123. The van der Waals surface area contributed by atoms with Crippen LogP contribution < -0.4 is 16.0 Å². The van der Waals surface area contributed by atoms with Crippen molar-refractivity contribution in [2.45, 2.75) is 53.0 Å². The van der Waals surface area contributed by atoms with Crippen LogP contribution in [-0.4, -0.2) is 38.1 Å². The number of hydrogen-bond acceptors (Lipinski definition) is 3. The summed E-state index contributed by atoms with van der Waals surface area (Å²) in [4.78, 5) is 11.3. The van der Waals surface area contributed by atoms with Gasteiger partial charge in [0.25, 0.3) is 0 Å². The predicted octanol–water partition coefficient (Wildman–Crippen LogP) is 1.52. The van der Waals surface area contributed by atoms with E-state index in [2.05, 4.69) is 29.8 Å². The number of hydrogen-bond donors (Lipinski definition) is 3. The molecule has 0 radical (unpaired) electrons. The molecule has 1 amide bonds. The van der Waals surface area contributed by atoms with Gasteiger partial charge in [0.1, 0.15) is 0 Å². The molecule has 0 aliphatic heterocycles. The van der Waals surface area contributed by atoms with Gasteiger partial charge in [-0.05, 0) is 25.9 Å². The molecule has 0 spiro atoms. The maximum atomic E-state index is 11.3. The molecule has 0 rings (SSSR count). The highest BCUT2D eigenvalue weighted by molar-refractivity contribution is 5.77. The molecule has 0 fully saturated rings. The Morgan fingerprint density at radius 3 is 2.17 bits per heavy atom. The van der Waals surface area contributed by atoms with E-state index in [0.717, 1.165) is 26.2 Å². The van der Waals surface area contributed by atoms with Crippen LogP contribution in [0.3, 0.4) is 0 Å². The van der Waals surface area contributed by atoms with E-state index in [1.165, 1.54) is 19.3 Å². The molecule has 0 unspecified atom stereocenters. The lowest BCUT2D eigenvalue weighted by atomic mass is 10.2. The van der Waals surface area contributed by atoms with Gasteiger partial charge >= 0.3 is 0 Å². The molecule has 0 saturated carbocycles. The smallest absolute Gasteiger partial charge is 0.222 e. The molecule has 3 N–H and O–H groups in total. The van der Waals surface area contributed by atoms with Crippen LogP contribution in [-0.2, 0) is 4.79 Å². The molecular weight excluding hydrogens is 226 g/mol. The van der Waals surface area contributed by atoms with E-state index in [-0.39, 0.29) is 11.8 Å². The summed E-state index contributed by atoms with van der Waals surface area (Å²) in [5.41, 5.74) is 0. The number of rotatable bonds is 11. The van der Waals surface area contributed by atoms with Gasteiger partial charge in [0.05, 0.1) is 0 Å². The van der Waals surface area contributed by atoms with E-state index < -0.39 is 0 Å². The van der Waals surface area contributed by atoms with Crippen molar-refractivity contribution in [3.05, 3.63) is 0 Å². The summed E-state index contributed by atoms with van der Waals surface area (Å²) in [6.07, 6.45) is 3.70. The van der Waals surface area contributed by atoms with Gasteiger partial charge in [0.15, 0.2) is 0 Å². The summed E-state index contributed by atoms with van der Waals surface area (Å²) in [7, 11) is 0. The zero-order valence-electron chi connectivity index (χ0n) is 12.5. The van der Waals surface area contributed by atoms with E-state index in [1.54, 1.807) is 0 Å². The molecular formula is C14H31N3O. The summed E-state index contributed by atoms with van der Waals surface area (Å²) < 4.78 is 0. The minimum Gasteiger partial charge on any atom is -0.355 e. The molecule has 0 aromatic heterocycles. The van der Waals surface area contributed by atoms with Crippen molar-refractivity contribution in [2.75, 3.05) is 26.2 Å². The van der Waals surface area contributed by atoms with Gasteiger partial charge in [-0.2, -0.15) is 0 Å². The fraction of sp³-hybridized carbons (Fsp3) is 0.929. The van der Waals surface area contributed by atoms with Gasteiger partial charge in [-0.25, -0.2) is 0 Å². The first kappa shape index (κ1) is 17.4. The van der Waals surface area contributed by atoms with Crippen molar-refractivity contribution in [3.8, 4) is 0 Å². The van der Waals surface area contributed by atoms with Crippen LogP contribution >= 0.6 is 0 Å². The molecule has 0 aliphatic rings. The van der Waals surface area contributed by atoms with Gasteiger partial charge in [-0.3, -0.25) is 4.79 Å². The maximum absolute atomic E-state index is 11.3. The van der Waals surface area contributed by atoms with Crippen LogP contribution in [0.4, 0.5) is 0 Å². The van der Waals surface area contributed by atoms with E-state index in [0.29, 0.717) is 6.04 Å². The summed E-state index contributed by atoms with van der Waals surface area (Å²) in [6.45, 7) is 11.9. The highest BCUT2D eigenvalue weighted by Crippen LogP contribution is 1.93. The van der Waals surface area contributed by atoms with E-state index in [1.807, 2.05) is 13.8 Å². The zero-order chi connectivity index (χ0) is 13.8. The molecule has 4 nitrogen and oxygen atoms in total. The summed E-state index contributed by atoms with van der Waals surface area (Å²) in [6, 6.07) is 0.590. The maximum Gasteiger partial charge on any atom is 0.222 e. The number of nitrogens with one attached hydrogen (secondary N) is 3. The number of carbonyl (C=O) groups excluding carboxylic acids is 1. The molecule has 0 aromatic rings. The van der Waals surface area contributed by atoms with Gasteiger partial charge in [-0.15, -0.1) is 0 Å². The molecule has 108 valence electrons. The molecule has 0 saturated heterocycles. The minimum absolute atomic E-state index is 0.0819. The third-order valence-electron chi connectivity index (χ3n) is 2.71. The summed E-state index contributed by atoms with van der Waals surface area (Å²) in [5.74, 6) is 0.218. The second-order valence-electron chi connectivity index (χ2n) is 5.37. The normalized spacial score (nSPS) is 11.2. The monoisotopic (exact) mass is 257 g/mol. The van der Waals surface area contributed by atoms with Crippen LogP contribution in [0.2, 0.25) is 0 Å². The highest BCUT2D eigenvalue weighted by atomic mass is 16.1. The van der Waals surface area contributed by atoms with Crippen molar-refractivity contribution < 1.29 is 4.79 Å². The number of unbranched alkanes of at least 4 members (excludes halogenated alkanes) is 2. The Labute approximate surface area is 112 Å². The number of carbonyl (C=O) groups is 1. The second kappa shape index (κ2) is 11.5. The fourth-order valence-corrected chi connectivity index (χ4v) is 1.55. The summed E-state index contributed by atoms with van der Waals surface area (Å²) in [5, 5.41) is 9.65. The second-order valence-corrected chi connectivity index (χ2v) is 5.37. The van der Waals surface area contributed by atoms with Gasteiger partial charge < -0.3 is 16.0 Å². The number of amides is 1. The van der Waals surface area contributed by atoms with Crippen molar-refractivity contribution in [2.24, 2.45) is 5.92 Å². The van der Waals surface area contributed by atoms with E-state index >= 15 is 0 Å². The Morgan fingerprint density at radius 1 is 0.889 bits per heavy atom.